The van der Waals surface area contributed by atoms with Crippen molar-refractivity contribution in [2.24, 2.45) is 0 Å². The number of halogens is 1. The van der Waals surface area contributed by atoms with Crippen molar-refractivity contribution in [2.75, 3.05) is 6.61 Å². The molecule has 3 heteroatoms. The van der Waals surface area contributed by atoms with E-state index < -0.39 is 0 Å². The number of carbonyl (C=O) groups excluding carboxylic acids is 1. The van der Waals surface area contributed by atoms with Crippen molar-refractivity contribution in [2.45, 2.75) is 27.2 Å². The number of allylic oxidation sites excluding steroid dienone is 1. The van der Waals surface area contributed by atoms with Gasteiger partial charge in [-0.05, 0) is 31.9 Å². The fraction of sp³-hybridized carbons (Fsp3) is 0.357. The summed E-state index contributed by atoms with van der Waals surface area (Å²) in [5.41, 5.74) is 1.64. The maximum atomic E-state index is 13.7. The molecule has 92 valence electrons. The highest BCUT2D eigenvalue weighted by atomic mass is 19.1. The van der Waals surface area contributed by atoms with Gasteiger partial charge in [-0.25, -0.2) is 9.18 Å². The lowest BCUT2D eigenvalue weighted by Crippen LogP contribution is -2.08. The minimum absolute atomic E-state index is 0.312. The van der Waals surface area contributed by atoms with E-state index in [1.807, 2.05) is 6.92 Å². The van der Waals surface area contributed by atoms with Gasteiger partial charge in [-0.2, -0.15) is 0 Å². The predicted octanol–water partition coefficient (Wildman–Crippen LogP) is 3.57. The van der Waals surface area contributed by atoms with E-state index in [0.717, 1.165) is 0 Å². The van der Waals surface area contributed by atoms with Gasteiger partial charge in [0.05, 0.1) is 6.61 Å². The van der Waals surface area contributed by atoms with Crippen LogP contribution in [0.1, 0.15) is 32.8 Å². The zero-order chi connectivity index (χ0) is 12.8. The van der Waals surface area contributed by atoms with Crippen LogP contribution in [0, 0.1) is 5.82 Å². The Kier molecular flexibility index (Phi) is 4.88. The van der Waals surface area contributed by atoms with Crippen LogP contribution in [0.25, 0.3) is 5.57 Å². The van der Waals surface area contributed by atoms with Crippen molar-refractivity contribution in [1.29, 1.82) is 0 Å². The van der Waals surface area contributed by atoms with Gasteiger partial charge in [0, 0.05) is 11.1 Å². The third-order valence-electron chi connectivity index (χ3n) is 2.59. The molecule has 1 aromatic rings. The molecular formula is C14H17FO2. The Hall–Kier alpha value is -1.64. The van der Waals surface area contributed by atoms with Crippen molar-refractivity contribution in [3.8, 4) is 0 Å². The Balaban J connectivity index is 3.19. The smallest absolute Gasteiger partial charge is 0.333 e. The van der Waals surface area contributed by atoms with Gasteiger partial charge in [0.1, 0.15) is 5.82 Å². The van der Waals surface area contributed by atoms with Gasteiger partial charge in [-0.1, -0.05) is 25.1 Å². The second-order valence-electron chi connectivity index (χ2n) is 3.66. The molecular weight excluding hydrogens is 219 g/mol. The average Bonchev–Trinajstić information content (AvgIpc) is 2.32. The SMILES string of the molecule is CCOC(=O)/C(C)=C(/CC)c1ccccc1F. The average molecular weight is 236 g/mol. The summed E-state index contributed by atoms with van der Waals surface area (Å²) < 4.78 is 18.6. The number of hydrogen-bond donors (Lipinski definition) is 0. The summed E-state index contributed by atoms with van der Waals surface area (Å²) in [6, 6.07) is 6.46. The summed E-state index contributed by atoms with van der Waals surface area (Å²) in [6.45, 7) is 5.64. The number of hydrogen-bond acceptors (Lipinski definition) is 2. The second kappa shape index (κ2) is 6.18. The molecule has 0 N–H and O–H groups in total. The van der Waals surface area contributed by atoms with Gasteiger partial charge >= 0.3 is 5.97 Å². The van der Waals surface area contributed by atoms with Crippen molar-refractivity contribution in [1.82, 2.24) is 0 Å². The number of rotatable bonds is 4. The molecule has 0 unspecified atom stereocenters. The maximum absolute atomic E-state index is 13.7. The fourth-order valence-corrected chi connectivity index (χ4v) is 1.73. The largest absolute Gasteiger partial charge is 0.463 e. The van der Waals surface area contributed by atoms with Gasteiger partial charge in [-0.3, -0.25) is 0 Å². The predicted molar refractivity (Wildman–Crippen MR) is 65.9 cm³/mol. The standard InChI is InChI=1S/C14H17FO2/c1-4-11(10(3)14(16)17-5-2)12-8-6-7-9-13(12)15/h6-9H,4-5H2,1-3H3/b11-10-. The molecule has 0 bridgehead atoms. The fourth-order valence-electron chi connectivity index (χ4n) is 1.73. The summed E-state index contributed by atoms with van der Waals surface area (Å²) in [4.78, 5) is 11.6. The Labute approximate surface area is 101 Å². The van der Waals surface area contributed by atoms with Crippen LogP contribution in [-0.4, -0.2) is 12.6 Å². The van der Waals surface area contributed by atoms with Gasteiger partial charge in [-0.15, -0.1) is 0 Å². The molecule has 0 saturated carbocycles. The number of carbonyl (C=O) groups is 1. The van der Waals surface area contributed by atoms with Crippen molar-refractivity contribution >= 4 is 11.5 Å². The first-order valence-corrected chi connectivity index (χ1v) is 5.73. The molecule has 0 atom stereocenters. The number of esters is 1. The molecule has 0 aliphatic rings. The van der Waals surface area contributed by atoms with E-state index in [4.69, 9.17) is 4.74 Å². The normalized spacial score (nSPS) is 12.0. The summed E-state index contributed by atoms with van der Waals surface area (Å²) in [5, 5.41) is 0. The van der Waals surface area contributed by atoms with E-state index in [0.29, 0.717) is 29.7 Å². The number of benzene rings is 1. The minimum atomic E-state index is -0.382. The molecule has 0 fully saturated rings. The molecule has 0 aliphatic heterocycles. The van der Waals surface area contributed by atoms with Crippen LogP contribution in [0.5, 0.6) is 0 Å². The van der Waals surface area contributed by atoms with E-state index in [-0.39, 0.29) is 11.8 Å². The van der Waals surface area contributed by atoms with E-state index >= 15 is 0 Å². The Bertz CT molecular complexity index is 436. The van der Waals surface area contributed by atoms with E-state index in [9.17, 15) is 9.18 Å². The van der Waals surface area contributed by atoms with Gasteiger partial charge in [0.25, 0.3) is 0 Å². The first-order chi connectivity index (χ1) is 8.11. The van der Waals surface area contributed by atoms with E-state index in [2.05, 4.69) is 0 Å². The van der Waals surface area contributed by atoms with Crippen LogP contribution in [0.3, 0.4) is 0 Å². The lowest BCUT2D eigenvalue weighted by atomic mass is 9.98. The van der Waals surface area contributed by atoms with Crippen LogP contribution in [-0.2, 0) is 9.53 Å². The second-order valence-corrected chi connectivity index (χ2v) is 3.66. The first kappa shape index (κ1) is 13.4. The van der Waals surface area contributed by atoms with Gasteiger partial charge < -0.3 is 4.74 Å². The van der Waals surface area contributed by atoms with Crippen molar-refractivity contribution in [3.63, 3.8) is 0 Å². The van der Waals surface area contributed by atoms with Crippen LogP contribution < -0.4 is 0 Å². The monoisotopic (exact) mass is 236 g/mol. The van der Waals surface area contributed by atoms with Gasteiger partial charge in [0.15, 0.2) is 0 Å². The molecule has 17 heavy (non-hydrogen) atoms. The molecule has 0 spiro atoms. The van der Waals surface area contributed by atoms with Crippen LogP contribution >= 0.6 is 0 Å². The van der Waals surface area contributed by atoms with Crippen molar-refractivity contribution < 1.29 is 13.9 Å². The highest BCUT2D eigenvalue weighted by molar-refractivity contribution is 5.97. The summed E-state index contributed by atoms with van der Waals surface area (Å²) in [5.74, 6) is -0.694. The molecule has 0 aliphatic carbocycles. The Morgan fingerprint density at radius 1 is 1.29 bits per heavy atom. The molecule has 1 aromatic carbocycles. The zero-order valence-corrected chi connectivity index (χ0v) is 10.4. The van der Waals surface area contributed by atoms with Crippen LogP contribution in [0.15, 0.2) is 29.8 Å². The van der Waals surface area contributed by atoms with Crippen molar-refractivity contribution in [3.05, 3.63) is 41.2 Å². The highest BCUT2D eigenvalue weighted by Gasteiger charge is 2.14. The molecule has 2 nitrogen and oxygen atoms in total. The third-order valence-corrected chi connectivity index (χ3v) is 2.59. The van der Waals surface area contributed by atoms with Crippen LogP contribution in [0.4, 0.5) is 4.39 Å². The molecule has 0 aromatic heterocycles. The molecule has 1 rings (SSSR count). The Morgan fingerprint density at radius 3 is 2.47 bits per heavy atom. The third kappa shape index (κ3) is 3.16. The van der Waals surface area contributed by atoms with Crippen LogP contribution in [0.2, 0.25) is 0 Å². The zero-order valence-electron chi connectivity index (χ0n) is 10.4. The van der Waals surface area contributed by atoms with Gasteiger partial charge in [0.2, 0.25) is 0 Å². The lowest BCUT2D eigenvalue weighted by Gasteiger charge is -2.11. The summed E-state index contributed by atoms with van der Waals surface area (Å²) >= 11 is 0. The topological polar surface area (TPSA) is 26.3 Å². The molecule has 0 radical (unpaired) electrons. The molecule has 0 saturated heterocycles. The summed E-state index contributed by atoms with van der Waals surface area (Å²) in [7, 11) is 0. The molecule has 0 heterocycles. The maximum Gasteiger partial charge on any atom is 0.333 e. The highest BCUT2D eigenvalue weighted by Crippen LogP contribution is 2.25. The molecule has 0 amide bonds. The first-order valence-electron chi connectivity index (χ1n) is 5.73. The number of ether oxygens (including phenoxy) is 1. The summed E-state index contributed by atoms with van der Waals surface area (Å²) in [6.07, 6.45) is 0.589. The Morgan fingerprint density at radius 2 is 1.94 bits per heavy atom. The van der Waals surface area contributed by atoms with E-state index in [1.54, 1.807) is 32.0 Å². The lowest BCUT2D eigenvalue weighted by molar-refractivity contribution is -0.138. The minimum Gasteiger partial charge on any atom is -0.463 e. The van der Waals surface area contributed by atoms with E-state index in [1.165, 1.54) is 6.07 Å². The quantitative estimate of drug-likeness (QED) is 0.590.